The first-order valence-electron chi connectivity index (χ1n) is 11.2. The summed E-state index contributed by atoms with van der Waals surface area (Å²) >= 11 is 0. The van der Waals surface area contributed by atoms with E-state index in [1.807, 2.05) is 30.3 Å². The second kappa shape index (κ2) is 6.43. The van der Waals surface area contributed by atoms with Gasteiger partial charge in [0.25, 0.3) is 0 Å². The maximum Gasteiger partial charge on any atom is 0.338 e. The Labute approximate surface area is 168 Å². The summed E-state index contributed by atoms with van der Waals surface area (Å²) in [5.41, 5.74) is 1.11. The summed E-state index contributed by atoms with van der Waals surface area (Å²) in [6.07, 6.45) is 8.47. The lowest BCUT2D eigenvalue weighted by Gasteiger charge is -2.49. The van der Waals surface area contributed by atoms with E-state index in [2.05, 4.69) is 13.8 Å². The summed E-state index contributed by atoms with van der Waals surface area (Å²) in [5, 5.41) is 0. The van der Waals surface area contributed by atoms with Crippen molar-refractivity contribution in [1.82, 2.24) is 0 Å². The van der Waals surface area contributed by atoms with Crippen LogP contribution in [0.3, 0.4) is 0 Å². The van der Waals surface area contributed by atoms with Crippen LogP contribution in [-0.2, 0) is 9.53 Å². The Morgan fingerprint density at radius 2 is 1.75 bits per heavy atom. The Hall–Kier alpha value is -1.64. The van der Waals surface area contributed by atoms with Gasteiger partial charge >= 0.3 is 5.97 Å². The van der Waals surface area contributed by atoms with Gasteiger partial charge in [-0.25, -0.2) is 4.79 Å². The third-order valence-corrected chi connectivity index (χ3v) is 9.36. The van der Waals surface area contributed by atoms with Crippen molar-refractivity contribution in [2.75, 3.05) is 0 Å². The maximum absolute atomic E-state index is 12.7. The summed E-state index contributed by atoms with van der Waals surface area (Å²) in [6, 6.07) is 9.39. The number of rotatable bonds is 2. The highest BCUT2D eigenvalue weighted by molar-refractivity contribution is 5.89. The van der Waals surface area contributed by atoms with Crippen LogP contribution in [0, 0.1) is 34.5 Å². The first kappa shape index (κ1) is 18.4. The molecule has 150 valence electrons. The second-order valence-electron chi connectivity index (χ2n) is 10.4. The van der Waals surface area contributed by atoms with Crippen LogP contribution in [0.1, 0.15) is 75.6 Å². The van der Waals surface area contributed by atoms with Crippen LogP contribution < -0.4 is 0 Å². The lowest BCUT2D eigenvalue weighted by Crippen LogP contribution is -2.46. The lowest BCUT2D eigenvalue weighted by molar-refractivity contribution is -0.125. The number of Topliss-reactive ketones (excluding diaryl/α,β-unsaturated/α-hetero) is 1. The molecule has 0 saturated heterocycles. The van der Waals surface area contributed by atoms with E-state index in [1.54, 1.807) is 0 Å². The molecule has 0 N–H and O–H groups in total. The minimum atomic E-state index is -0.174. The fraction of sp³-hybridized carbons (Fsp3) is 0.680. The van der Waals surface area contributed by atoms with Gasteiger partial charge in [0.05, 0.1) is 5.56 Å². The van der Waals surface area contributed by atoms with E-state index in [9.17, 15) is 9.59 Å². The number of fused-ring (bicyclic) bond motifs is 5. The van der Waals surface area contributed by atoms with Crippen LogP contribution in [-0.4, -0.2) is 17.9 Å². The van der Waals surface area contributed by atoms with Gasteiger partial charge in [-0.05, 0) is 79.7 Å². The molecule has 1 aromatic carbocycles. The standard InChI is InChI=1S/C25H32O3/c1-24-12-10-18(26)14-17(24)15-19-20-8-9-22(25(20,2)13-11-21(19)24)28-23(27)16-6-4-3-5-7-16/h3-7,17,19-22H,8-15H2,1-2H3/t17-,19+,20+,21+,22+,24+,25+/m1/s1. The molecule has 0 radical (unpaired) electrons. The summed E-state index contributed by atoms with van der Waals surface area (Å²) in [5.74, 6) is 2.99. The maximum atomic E-state index is 12.7. The summed E-state index contributed by atoms with van der Waals surface area (Å²) in [6.45, 7) is 4.85. The first-order chi connectivity index (χ1) is 13.4. The highest BCUT2D eigenvalue weighted by atomic mass is 16.5. The average molecular weight is 381 g/mol. The average Bonchev–Trinajstić information content (AvgIpc) is 3.17. The van der Waals surface area contributed by atoms with Crippen molar-refractivity contribution in [2.45, 2.75) is 71.3 Å². The molecule has 0 unspecified atom stereocenters. The second-order valence-corrected chi connectivity index (χ2v) is 10.4. The van der Waals surface area contributed by atoms with Crippen LogP contribution in [0.15, 0.2) is 30.3 Å². The third kappa shape index (κ3) is 2.61. The van der Waals surface area contributed by atoms with Gasteiger partial charge in [-0.1, -0.05) is 32.0 Å². The van der Waals surface area contributed by atoms with Gasteiger partial charge in [0.15, 0.2) is 0 Å². The minimum absolute atomic E-state index is 0.0308. The van der Waals surface area contributed by atoms with Gasteiger partial charge in [-0.3, -0.25) is 4.79 Å². The smallest absolute Gasteiger partial charge is 0.338 e. The fourth-order valence-electron chi connectivity index (χ4n) is 7.74. The van der Waals surface area contributed by atoms with Crippen molar-refractivity contribution in [3.63, 3.8) is 0 Å². The van der Waals surface area contributed by atoms with E-state index in [0.717, 1.165) is 38.0 Å². The van der Waals surface area contributed by atoms with E-state index in [1.165, 1.54) is 19.3 Å². The van der Waals surface area contributed by atoms with Crippen LogP contribution in [0.2, 0.25) is 0 Å². The number of esters is 1. The summed E-state index contributed by atoms with van der Waals surface area (Å²) in [7, 11) is 0. The van der Waals surface area contributed by atoms with E-state index >= 15 is 0 Å². The van der Waals surface area contributed by atoms with E-state index in [0.29, 0.717) is 34.5 Å². The van der Waals surface area contributed by atoms with Crippen molar-refractivity contribution in [2.24, 2.45) is 34.5 Å². The molecule has 0 bridgehead atoms. The largest absolute Gasteiger partial charge is 0.458 e. The number of hydrogen-bond donors (Lipinski definition) is 0. The number of ketones is 1. The zero-order chi connectivity index (χ0) is 19.5. The first-order valence-corrected chi connectivity index (χ1v) is 11.2. The highest BCUT2D eigenvalue weighted by Gasteiger charge is 2.63. The number of benzene rings is 1. The molecule has 3 nitrogen and oxygen atoms in total. The van der Waals surface area contributed by atoms with Gasteiger partial charge in [-0.15, -0.1) is 0 Å². The van der Waals surface area contributed by atoms with Gasteiger partial charge < -0.3 is 4.74 Å². The van der Waals surface area contributed by atoms with Crippen molar-refractivity contribution in [1.29, 1.82) is 0 Å². The van der Waals surface area contributed by atoms with Gasteiger partial charge in [0.2, 0.25) is 0 Å². The van der Waals surface area contributed by atoms with Crippen molar-refractivity contribution in [3.8, 4) is 0 Å². The van der Waals surface area contributed by atoms with Gasteiger partial charge in [0, 0.05) is 18.3 Å². The molecule has 1 aromatic rings. The normalized spacial score (nSPS) is 44.5. The molecule has 3 heteroatoms. The van der Waals surface area contributed by atoms with E-state index < -0.39 is 0 Å². The zero-order valence-corrected chi connectivity index (χ0v) is 17.2. The Bertz CT molecular complexity index is 786. The van der Waals surface area contributed by atoms with Crippen LogP contribution in [0.4, 0.5) is 0 Å². The quantitative estimate of drug-likeness (QED) is 0.642. The lowest BCUT2D eigenvalue weighted by atomic mass is 9.56. The Morgan fingerprint density at radius 1 is 1.00 bits per heavy atom. The molecule has 0 heterocycles. The Balaban J connectivity index is 1.36. The topological polar surface area (TPSA) is 43.4 Å². The molecule has 4 aliphatic carbocycles. The van der Waals surface area contributed by atoms with Crippen LogP contribution in [0.25, 0.3) is 0 Å². The molecule has 0 amide bonds. The molecule has 5 rings (SSSR count). The minimum Gasteiger partial charge on any atom is -0.458 e. The number of ether oxygens (including phenoxy) is 1. The number of carbonyl (C=O) groups is 2. The van der Waals surface area contributed by atoms with E-state index in [-0.39, 0.29) is 17.5 Å². The van der Waals surface area contributed by atoms with Crippen molar-refractivity contribution < 1.29 is 14.3 Å². The molecule has 7 atom stereocenters. The highest BCUT2D eigenvalue weighted by Crippen LogP contribution is 2.68. The summed E-state index contributed by atoms with van der Waals surface area (Å²) in [4.78, 5) is 24.8. The molecule has 4 fully saturated rings. The zero-order valence-electron chi connectivity index (χ0n) is 17.2. The van der Waals surface area contributed by atoms with Gasteiger partial charge in [-0.2, -0.15) is 0 Å². The molecule has 0 spiro atoms. The third-order valence-electron chi connectivity index (χ3n) is 9.36. The van der Waals surface area contributed by atoms with E-state index in [4.69, 9.17) is 4.74 Å². The molecule has 4 saturated carbocycles. The van der Waals surface area contributed by atoms with Crippen molar-refractivity contribution in [3.05, 3.63) is 35.9 Å². The SMILES string of the molecule is C[C@]12CCC(=O)C[C@@H]1C[C@@H]1[C@@H]2CC[C@]2(C)[C@@H](OC(=O)c3ccccc3)CC[C@@H]12. The van der Waals surface area contributed by atoms with Gasteiger partial charge in [0.1, 0.15) is 11.9 Å². The predicted molar refractivity (Wildman–Crippen MR) is 108 cm³/mol. The fourth-order valence-corrected chi connectivity index (χ4v) is 7.74. The van der Waals surface area contributed by atoms with Crippen LogP contribution in [0.5, 0.6) is 0 Å². The monoisotopic (exact) mass is 380 g/mol. The molecular weight excluding hydrogens is 348 g/mol. The number of hydrogen-bond acceptors (Lipinski definition) is 3. The Morgan fingerprint density at radius 3 is 2.54 bits per heavy atom. The molecular formula is C25H32O3. The van der Waals surface area contributed by atoms with Crippen molar-refractivity contribution >= 4 is 11.8 Å². The summed E-state index contributed by atoms with van der Waals surface area (Å²) < 4.78 is 6.09. The molecule has 4 aliphatic rings. The molecule has 0 aromatic heterocycles. The van der Waals surface area contributed by atoms with Crippen LogP contribution >= 0.6 is 0 Å². The molecule has 28 heavy (non-hydrogen) atoms. The molecule has 0 aliphatic heterocycles. The predicted octanol–water partition coefficient (Wildman–Crippen LogP) is 5.43. The number of carbonyl (C=O) groups excluding carboxylic acids is 2. The Kier molecular flexibility index (Phi) is 4.23.